The molecular formula is C23H23N3O2. The van der Waals surface area contributed by atoms with Crippen LogP contribution in [0.3, 0.4) is 0 Å². The second-order valence-corrected chi connectivity index (χ2v) is 7.29. The van der Waals surface area contributed by atoms with Crippen LogP contribution < -0.4 is 10.6 Å². The van der Waals surface area contributed by atoms with Crippen LogP contribution in [-0.4, -0.2) is 16.7 Å². The Kier molecular flexibility index (Phi) is 4.82. The number of carbonyl (C=O) groups is 2. The van der Waals surface area contributed by atoms with E-state index in [1.807, 2.05) is 44.2 Å². The van der Waals surface area contributed by atoms with Gasteiger partial charge >= 0.3 is 0 Å². The smallest absolute Gasteiger partial charge is 0.255 e. The van der Waals surface area contributed by atoms with Crippen LogP contribution >= 0.6 is 0 Å². The zero-order valence-corrected chi connectivity index (χ0v) is 16.1. The predicted molar refractivity (Wildman–Crippen MR) is 109 cm³/mol. The highest BCUT2D eigenvalue weighted by Crippen LogP contribution is 2.43. The van der Waals surface area contributed by atoms with Crippen molar-refractivity contribution in [3.8, 4) is 0 Å². The van der Waals surface area contributed by atoms with Crippen molar-refractivity contribution in [2.45, 2.75) is 39.0 Å². The number of anilines is 1. The van der Waals surface area contributed by atoms with Gasteiger partial charge in [-0.2, -0.15) is 0 Å². The van der Waals surface area contributed by atoms with Gasteiger partial charge in [0.15, 0.2) is 5.78 Å². The van der Waals surface area contributed by atoms with Gasteiger partial charge in [-0.1, -0.05) is 30.3 Å². The van der Waals surface area contributed by atoms with Crippen molar-refractivity contribution in [2.75, 3.05) is 5.32 Å². The average Bonchev–Trinajstić information content (AvgIpc) is 2.68. The number of nitrogens with one attached hydrogen (secondary N) is 2. The van der Waals surface area contributed by atoms with E-state index in [-0.39, 0.29) is 17.6 Å². The standard InChI is InChI=1S/C23H23N3O2/c1-14-8-3-4-9-16(14)21-20(23(28)26-19-12-5-6-13-24-19)15(2)25-17-10-7-11-18(27)22(17)21/h3-6,8-9,12-13,21,25H,7,10-11H2,1-2H3,(H,24,26,28)/t21-/m1/s1. The number of nitrogens with zero attached hydrogens (tertiary/aromatic N) is 1. The fourth-order valence-electron chi connectivity index (χ4n) is 4.13. The lowest BCUT2D eigenvalue weighted by atomic mass is 9.74. The normalized spacial score (nSPS) is 19.2. The Morgan fingerprint density at radius 3 is 2.64 bits per heavy atom. The number of hydrogen-bond acceptors (Lipinski definition) is 4. The molecule has 5 heteroatoms. The molecule has 2 N–H and O–H groups in total. The zero-order valence-electron chi connectivity index (χ0n) is 16.1. The van der Waals surface area contributed by atoms with Crippen molar-refractivity contribution in [1.29, 1.82) is 0 Å². The number of aromatic nitrogens is 1. The van der Waals surface area contributed by atoms with Crippen LogP contribution in [0.1, 0.15) is 43.2 Å². The van der Waals surface area contributed by atoms with Gasteiger partial charge in [-0.05, 0) is 49.9 Å². The van der Waals surface area contributed by atoms with Crippen LogP contribution in [0.5, 0.6) is 0 Å². The monoisotopic (exact) mass is 373 g/mol. The SMILES string of the molecule is CC1=C(C(=O)Nc2ccccn2)[C@@H](c2ccccc2C)C2=C(CCCC2=O)N1. The number of allylic oxidation sites excluding steroid dienone is 3. The summed E-state index contributed by atoms with van der Waals surface area (Å²) in [5.74, 6) is 0.0135. The first kappa shape index (κ1) is 18.2. The van der Waals surface area contributed by atoms with Crippen molar-refractivity contribution in [2.24, 2.45) is 0 Å². The maximum Gasteiger partial charge on any atom is 0.255 e. The summed E-state index contributed by atoms with van der Waals surface area (Å²) in [5.41, 5.74) is 5.12. The maximum atomic E-state index is 13.3. The minimum atomic E-state index is -0.367. The number of carbonyl (C=O) groups excluding carboxylic acids is 2. The Bertz CT molecular complexity index is 1010. The maximum absolute atomic E-state index is 13.3. The van der Waals surface area contributed by atoms with Crippen LogP contribution in [0.2, 0.25) is 0 Å². The third-order valence-corrected chi connectivity index (χ3v) is 5.43. The molecule has 0 bridgehead atoms. The molecule has 1 amide bonds. The van der Waals surface area contributed by atoms with Crippen molar-refractivity contribution in [3.05, 3.63) is 82.3 Å². The second kappa shape index (κ2) is 7.43. The van der Waals surface area contributed by atoms with Gasteiger partial charge in [0.1, 0.15) is 5.82 Å². The molecule has 1 atom stereocenters. The van der Waals surface area contributed by atoms with E-state index in [1.54, 1.807) is 18.3 Å². The average molecular weight is 373 g/mol. The van der Waals surface area contributed by atoms with E-state index in [2.05, 4.69) is 15.6 Å². The number of aryl methyl sites for hydroxylation is 1. The third-order valence-electron chi connectivity index (χ3n) is 5.43. The molecule has 1 aromatic carbocycles. The van der Waals surface area contributed by atoms with E-state index < -0.39 is 0 Å². The van der Waals surface area contributed by atoms with Crippen LogP contribution in [-0.2, 0) is 9.59 Å². The van der Waals surface area contributed by atoms with Gasteiger partial charge in [0.25, 0.3) is 5.91 Å². The van der Waals surface area contributed by atoms with Gasteiger partial charge in [0.05, 0.1) is 0 Å². The van der Waals surface area contributed by atoms with E-state index in [1.165, 1.54) is 0 Å². The molecule has 0 saturated heterocycles. The van der Waals surface area contributed by atoms with Gasteiger partial charge in [0.2, 0.25) is 0 Å². The van der Waals surface area contributed by atoms with E-state index in [0.29, 0.717) is 17.8 Å². The van der Waals surface area contributed by atoms with Crippen molar-refractivity contribution < 1.29 is 9.59 Å². The fourth-order valence-corrected chi connectivity index (χ4v) is 4.13. The van der Waals surface area contributed by atoms with Crippen molar-refractivity contribution >= 4 is 17.5 Å². The molecule has 2 aromatic rings. The molecule has 0 saturated carbocycles. The number of ketones is 1. The van der Waals surface area contributed by atoms with E-state index in [9.17, 15) is 9.59 Å². The molecule has 0 unspecified atom stereocenters. The number of Topliss-reactive ketones (excluding diaryl/α,β-unsaturated/α-hetero) is 1. The summed E-state index contributed by atoms with van der Waals surface area (Å²) < 4.78 is 0. The summed E-state index contributed by atoms with van der Waals surface area (Å²) in [6.45, 7) is 3.93. The van der Waals surface area contributed by atoms with Crippen molar-refractivity contribution in [3.63, 3.8) is 0 Å². The molecular weight excluding hydrogens is 350 g/mol. The summed E-state index contributed by atoms with van der Waals surface area (Å²) in [6.07, 6.45) is 3.83. The van der Waals surface area contributed by atoms with Gasteiger partial charge in [-0.15, -0.1) is 0 Å². The number of pyridine rings is 1. The molecule has 0 fully saturated rings. The molecule has 2 heterocycles. The molecule has 4 rings (SSSR count). The van der Waals surface area contributed by atoms with Crippen LogP contribution in [0.15, 0.2) is 71.2 Å². The summed E-state index contributed by atoms with van der Waals surface area (Å²) in [4.78, 5) is 30.4. The first-order valence-corrected chi connectivity index (χ1v) is 9.58. The number of dihydropyridines is 1. The number of rotatable bonds is 3. The van der Waals surface area contributed by atoms with Gasteiger partial charge in [-0.25, -0.2) is 4.98 Å². The van der Waals surface area contributed by atoms with Gasteiger partial charge in [-0.3, -0.25) is 9.59 Å². The second-order valence-electron chi connectivity index (χ2n) is 7.29. The Hall–Kier alpha value is -3.21. The molecule has 0 radical (unpaired) electrons. The molecule has 0 spiro atoms. The van der Waals surface area contributed by atoms with Crippen LogP contribution in [0.25, 0.3) is 0 Å². The Morgan fingerprint density at radius 2 is 1.89 bits per heavy atom. The lowest BCUT2D eigenvalue weighted by molar-refractivity contribution is -0.116. The molecule has 1 aromatic heterocycles. The fraction of sp³-hybridized carbons (Fsp3) is 0.261. The van der Waals surface area contributed by atoms with Gasteiger partial charge in [0, 0.05) is 41.1 Å². The Morgan fingerprint density at radius 1 is 1.11 bits per heavy atom. The predicted octanol–water partition coefficient (Wildman–Crippen LogP) is 4.00. The van der Waals surface area contributed by atoms with E-state index in [4.69, 9.17) is 0 Å². The highest BCUT2D eigenvalue weighted by atomic mass is 16.2. The summed E-state index contributed by atoms with van der Waals surface area (Å²) in [5, 5.41) is 6.23. The first-order chi connectivity index (χ1) is 13.6. The quantitative estimate of drug-likeness (QED) is 0.853. The van der Waals surface area contributed by atoms with E-state index >= 15 is 0 Å². The van der Waals surface area contributed by atoms with Gasteiger partial charge < -0.3 is 10.6 Å². The molecule has 1 aliphatic carbocycles. The summed E-state index contributed by atoms with van der Waals surface area (Å²) in [6, 6.07) is 13.4. The topological polar surface area (TPSA) is 71.1 Å². The summed E-state index contributed by atoms with van der Waals surface area (Å²) in [7, 11) is 0. The highest BCUT2D eigenvalue weighted by Gasteiger charge is 2.38. The lowest BCUT2D eigenvalue weighted by Crippen LogP contribution is -2.35. The minimum Gasteiger partial charge on any atom is -0.362 e. The summed E-state index contributed by atoms with van der Waals surface area (Å²) >= 11 is 0. The molecule has 1 aliphatic heterocycles. The van der Waals surface area contributed by atoms with Crippen molar-refractivity contribution in [1.82, 2.24) is 10.3 Å². The number of benzene rings is 1. The molecule has 28 heavy (non-hydrogen) atoms. The van der Waals surface area contributed by atoms with Crippen LogP contribution in [0, 0.1) is 6.92 Å². The lowest BCUT2D eigenvalue weighted by Gasteiger charge is -2.35. The minimum absolute atomic E-state index is 0.123. The largest absolute Gasteiger partial charge is 0.362 e. The first-order valence-electron chi connectivity index (χ1n) is 9.58. The number of hydrogen-bond donors (Lipinski definition) is 2. The Labute approximate surface area is 164 Å². The highest BCUT2D eigenvalue weighted by molar-refractivity contribution is 6.09. The van der Waals surface area contributed by atoms with E-state index in [0.717, 1.165) is 40.9 Å². The molecule has 142 valence electrons. The van der Waals surface area contributed by atoms with Crippen LogP contribution in [0.4, 0.5) is 5.82 Å². The molecule has 2 aliphatic rings. The molecule has 5 nitrogen and oxygen atoms in total. The third kappa shape index (κ3) is 3.24. The Balaban J connectivity index is 1.82. The zero-order chi connectivity index (χ0) is 19.7. The number of amides is 1.